The first-order chi connectivity index (χ1) is 11.4. The summed E-state index contributed by atoms with van der Waals surface area (Å²) in [5, 5.41) is 2.48. The Balaban J connectivity index is 2.00. The fourth-order valence-electron chi connectivity index (χ4n) is 1.89. The molecular formula is C17H15BrFNO4. The number of amides is 1. The van der Waals surface area contributed by atoms with Crippen LogP contribution in [0.25, 0.3) is 0 Å². The molecular weight excluding hydrogens is 381 g/mol. The maximum absolute atomic E-state index is 13.1. The third kappa shape index (κ3) is 4.55. The molecule has 0 aliphatic carbocycles. The van der Waals surface area contributed by atoms with Gasteiger partial charge in [-0.2, -0.15) is 0 Å². The molecule has 0 saturated carbocycles. The Morgan fingerprint density at radius 1 is 1.21 bits per heavy atom. The zero-order valence-electron chi connectivity index (χ0n) is 13.0. The van der Waals surface area contributed by atoms with Gasteiger partial charge in [0.1, 0.15) is 11.6 Å². The van der Waals surface area contributed by atoms with Crippen molar-refractivity contribution in [2.24, 2.45) is 0 Å². The van der Waals surface area contributed by atoms with Gasteiger partial charge in [0.05, 0.1) is 17.1 Å². The topological polar surface area (TPSA) is 64.6 Å². The van der Waals surface area contributed by atoms with Gasteiger partial charge in [-0.1, -0.05) is 6.07 Å². The average molecular weight is 396 g/mol. The fourth-order valence-corrected chi connectivity index (χ4v) is 2.43. The summed E-state index contributed by atoms with van der Waals surface area (Å²) < 4.78 is 23.9. The number of halogens is 2. The van der Waals surface area contributed by atoms with Gasteiger partial charge in [0.15, 0.2) is 6.10 Å². The Hall–Kier alpha value is -2.41. The maximum atomic E-state index is 13.1. The van der Waals surface area contributed by atoms with Crippen molar-refractivity contribution in [1.29, 1.82) is 0 Å². The van der Waals surface area contributed by atoms with Crippen molar-refractivity contribution in [2.75, 3.05) is 12.4 Å². The predicted molar refractivity (Wildman–Crippen MR) is 90.6 cm³/mol. The van der Waals surface area contributed by atoms with E-state index in [1.54, 1.807) is 12.1 Å². The number of carbonyl (C=O) groups excluding carboxylic acids is 2. The summed E-state index contributed by atoms with van der Waals surface area (Å²) in [5.41, 5.74) is 0.558. The van der Waals surface area contributed by atoms with Crippen LogP contribution in [0, 0.1) is 5.82 Å². The van der Waals surface area contributed by atoms with E-state index in [1.165, 1.54) is 44.4 Å². The molecule has 0 aliphatic rings. The molecule has 0 unspecified atom stereocenters. The highest BCUT2D eigenvalue weighted by molar-refractivity contribution is 9.10. The minimum absolute atomic E-state index is 0.271. The van der Waals surface area contributed by atoms with Gasteiger partial charge in [0.2, 0.25) is 0 Å². The summed E-state index contributed by atoms with van der Waals surface area (Å²) in [6, 6.07) is 10.1. The second-order valence-corrected chi connectivity index (χ2v) is 5.75. The summed E-state index contributed by atoms with van der Waals surface area (Å²) in [6.45, 7) is 1.44. The number of hydrogen-bond donors (Lipinski definition) is 1. The monoisotopic (exact) mass is 395 g/mol. The van der Waals surface area contributed by atoms with Gasteiger partial charge in [-0.05, 0) is 59.3 Å². The van der Waals surface area contributed by atoms with Crippen molar-refractivity contribution in [3.63, 3.8) is 0 Å². The standard InChI is InChI=1S/C17H15BrFNO4/c1-10(16(21)20-13-5-3-4-12(19)9-13)24-17(22)11-6-7-15(23-2)14(18)8-11/h3-10H,1-2H3,(H,20,21)/t10-/m0/s1. The molecule has 1 amide bonds. The molecule has 0 saturated heterocycles. The summed E-state index contributed by atoms with van der Waals surface area (Å²) in [5.74, 6) is -1.11. The highest BCUT2D eigenvalue weighted by Gasteiger charge is 2.20. The fraction of sp³-hybridized carbons (Fsp3) is 0.176. The molecule has 2 aromatic rings. The summed E-state index contributed by atoms with van der Waals surface area (Å²) in [4.78, 5) is 24.1. The third-order valence-electron chi connectivity index (χ3n) is 3.13. The number of esters is 1. The maximum Gasteiger partial charge on any atom is 0.338 e. The van der Waals surface area contributed by atoms with Crippen LogP contribution >= 0.6 is 15.9 Å². The average Bonchev–Trinajstić information content (AvgIpc) is 2.54. The number of benzene rings is 2. The van der Waals surface area contributed by atoms with Crippen LogP contribution in [-0.2, 0) is 9.53 Å². The van der Waals surface area contributed by atoms with Crippen LogP contribution < -0.4 is 10.1 Å². The Labute approximate surface area is 146 Å². The SMILES string of the molecule is COc1ccc(C(=O)O[C@@H](C)C(=O)Nc2cccc(F)c2)cc1Br. The van der Waals surface area contributed by atoms with E-state index in [0.29, 0.717) is 10.2 Å². The number of rotatable bonds is 5. The van der Waals surface area contributed by atoms with Crippen LogP contribution in [0.15, 0.2) is 46.9 Å². The second-order valence-electron chi connectivity index (χ2n) is 4.90. The first-order valence-corrected chi connectivity index (χ1v) is 7.81. The molecule has 0 spiro atoms. The number of carbonyl (C=O) groups is 2. The summed E-state index contributed by atoms with van der Waals surface area (Å²) >= 11 is 3.27. The molecule has 0 aliphatic heterocycles. The smallest absolute Gasteiger partial charge is 0.338 e. The second kappa shape index (κ2) is 7.92. The Bertz CT molecular complexity index is 766. The lowest BCUT2D eigenvalue weighted by molar-refractivity contribution is -0.123. The molecule has 2 rings (SSSR count). The number of nitrogens with one attached hydrogen (secondary N) is 1. The van der Waals surface area contributed by atoms with E-state index in [-0.39, 0.29) is 11.3 Å². The first-order valence-electron chi connectivity index (χ1n) is 7.01. The third-order valence-corrected chi connectivity index (χ3v) is 3.75. The summed E-state index contributed by atoms with van der Waals surface area (Å²) in [7, 11) is 1.51. The van der Waals surface area contributed by atoms with Gasteiger partial charge in [0.25, 0.3) is 5.91 Å². The van der Waals surface area contributed by atoms with Crippen molar-refractivity contribution >= 4 is 33.5 Å². The molecule has 0 fully saturated rings. The van der Waals surface area contributed by atoms with E-state index in [4.69, 9.17) is 9.47 Å². The van der Waals surface area contributed by atoms with Gasteiger partial charge in [-0.3, -0.25) is 4.79 Å². The molecule has 0 bridgehead atoms. The van der Waals surface area contributed by atoms with E-state index in [1.807, 2.05) is 0 Å². The predicted octanol–water partition coefficient (Wildman–Crippen LogP) is 3.78. The largest absolute Gasteiger partial charge is 0.496 e. The molecule has 0 heterocycles. The Kier molecular flexibility index (Phi) is 5.92. The molecule has 1 atom stereocenters. The quantitative estimate of drug-likeness (QED) is 0.782. The van der Waals surface area contributed by atoms with Crippen molar-refractivity contribution in [1.82, 2.24) is 0 Å². The zero-order valence-corrected chi connectivity index (χ0v) is 14.6. The lowest BCUT2D eigenvalue weighted by atomic mass is 10.2. The lowest BCUT2D eigenvalue weighted by Crippen LogP contribution is -2.30. The number of ether oxygens (including phenoxy) is 2. The Morgan fingerprint density at radius 2 is 1.96 bits per heavy atom. The van der Waals surface area contributed by atoms with Crippen LogP contribution in [0.2, 0.25) is 0 Å². The van der Waals surface area contributed by atoms with Crippen molar-refractivity contribution in [2.45, 2.75) is 13.0 Å². The molecule has 126 valence electrons. The van der Waals surface area contributed by atoms with Crippen LogP contribution in [0.1, 0.15) is 17.3 Å². The first kappa shape index (κ1) is 17.9. The zero-order chi connectivity index (χ0) is 17.7. The summed E-state index contributed by atoms with van der Waals surface area (Å²) in [6.07, 6.45) is -1.04. The minimum Gasteiger partial charge on any atom is -0.496 e. The normalized spacial score (nSPS) is 11.5. The minimum atomic E-state index is -1.04. The van der Waals surface area contributed by atoms with E-state index in [2.05, 4.69) is 21.2 Å². The Morgan fingerprint density at radius 3 is 2.58 bits per heavy atom. The molecule has 0 radical (unpaired) electrons. The van der Waals surface area contributed by atoms with Gasteiger partial charge in [0, 0.05) is 5.69 Å². The number of anilines is 1. The van der Waals surface area contributed by atoms with Crippen LogP contribution in [0.4, 0.5) is 10.1 Å². The highest BCUT2D eigenvalue weighted by atomic mass is 79.9. The van der Waals surface area contributed by atoms with Gasteiger partial charge < -0.3 is 14.8 Å². The molecule has 5 nitrogen and oxygen atoms in total. The van der Waals surface area contributed by atoms with E-state index >= 15 is 0 Å². The van der Waals surface area contributed by atoms with Crippen LogP contribution in [0.3, 0.4) is 0 Å². The van der Waals surface area contributed by atoms with Gasteiger partial charge in [-0.25, -0.2) is 9.18 Å². The van der Waals surface area contributed by atoms with E-state index < -0.39 is 23.8 Å². The lowest BCUT2D eigenvalue weighted by Gasteiger charge is -2.14. The van der Waals surface area contributed by atoms with Crippen LogP contribution in [-0.4, -0.2) is 25.1 Å². The van der Waals surface area contributed by atoms with Crippen molar-refractivity contribution < 1.29 is 23.5 Å². The van der Waals surface area contributed by atoms with Crippen molar-refractivity contribution in [3.8, 4) is 5.75 Å². The van der Waals surface area contributed by atoms with E-state index in [0.717, 1.165) is 0 Å². The van der Waals surface area contributed by atoms with Crippen LogP contribution in [0.5, 0.6) is 5.75 Å². The van der Waals surface area contributed by atoms with Gasteiger partial charge >= 0.3 is 5.97 Å². The molecule has 0 aromatic heterocycles. The molecule has 24 heavy (non-hydrogen) atoms. The van der Waals surface area contributed by atoms with Gasteiger partial charge in [-0.15, -0.1) is 0 Å². The molecule has 7 heteroatoms. The number of hydrogen-bond acceptors (Lipinski definition) is 4. The van der Waals surface area contributed by atoms with Crippen molar-refractivity contribution in [3.05, 3.63) is 58.3 Å². The molecule has 1 N–H and O–H groups in total. The highest BCUT2D eigenvalue weighted by Crippen LogP contribution is 2.26. The molecule has 2 aromatic carbocycles. The van der Waals surface area contributed by atoms with E-state index in [9.17, 15) is 14.0 Å². The number of methoxy groups -OCH3 is 1.